The highest BCUT2D eigenvalue weighted by Crippen LogP contribution is 2.22. The standard InChI is InChI=1S/C30H44N4O7/c1-7-19(3)26(28(37)38)33-27(36)23(16-20-17-31-22-10-9-18(2)15-21(20)22)32-24(35)11-12-25-34(13-8-14-40-25)29(39)41-30(4,5)6/h9-10,15,17,19,23,25-26,31H,7-8,11-14,16H2,1-6H3,(H,32,35)(H,33,36)(H,37,38)/t19-,23-,25?,26-/m0/s1. The molecule has 0 aliphatic carbocycles. The van der Waals surface area contributed by atoms with Crippen LogP contribution in [0.1, 0.15) is 71.4 Å². The van der Waals surface area contributed by atoms with E-state index in [0.717, 1.165) is 22.0 Å². The number of aryl methyl sites for hydroxylation is 1. The average Bonchev–Trinajstić information content (AvgIpc) is 3.30. The summed E-state index contributed by atoms with van der Waals surface area (Å²) in [6.45, 7) is 11.9. The van der Waals surface area contributed by atoms with E-state index in [9.17, 15) is 24.3 Å². The van der Waals surface area contributed by atoms with Crippen LogP contribution in [0.2, 0.25) is 0 Å². The summed E-state index contributed by atoms with van der Waals surface area (Å²) in [5, 5.41) is 16.1. The second-order valence-electron chi connectivity index (χ2n) is 11.8. The van der Waals surface area contributed by atoms with Gasteiger partial charge in [0.1, 0.15) is 23.9 Å². The van der Waals surface area contributed by atoms with E-state index in [1.54, 1.807) is 33.9 Å². The predicted octanol–water partition coefficient (Wildman–Crippen LogP) is 3.88. The number of carbonyl (C=O) groups is 4. The lowest BCUT2D eigenvalue weighted by Crippen LogP contribution is -2.54. The second kappa shape index (κ2) is 13.8. The quantitative estimate of drug-likeness (QED) is 0.319. The van der Waals surface area contributed by atoms with Crippen LogP contribution in [0, 0.1) is 12.8 Å². The molecule has 1 fully saturated rings. The molecule has 1 unspecified atom stereocenters. The highest BCUT2D eigenvalue weighted by Gasteiger charge is 2.33. The molecule has 3 amide bonds. The Labute approximate surface area is 241 Å². The monoisotopic (exact) mass is 572 g/mol. The van der Waals surface area contributed by atoms with Crippen molar-refractivity contribution >= 4 is 34.8 Å². The van der Waals surface area contributed by atoms with Crippen LogP contribution in [0.15, 0.2) is 24.4 Å². The van der Waals surface area contributed by atoms with Crippen molar-refractivity contribution in [1.82, 2.24) is 20.5 Å². The van der Waals surface area contributed by atoms with Crippen LogP contribution in [0.3, 0.4) is 0 Å². The van der Waals surface area contributed by atoms with E-state index in [4.69, 9.17) is 9.47 Å². The highest BCUT2D eigenvalue weighted by molar-refractivity contribution is 5.92. The van der Waals surface area contributed by atoms with E-state index in [1.165, 1.54) is 4.90 Å². The fraction of sp³-hybridized carbons (Fsp3) is 0.600. The first-order valence-electron chi connectivity index (χ1n) is 14.3. The summed E-state index contributed by atoms with van der Waals surface area (Å²) in [6.07, 6.45) is 2.27. The Hall–Kier alpha value is -3.60. The number of carboxylic acid groups (broad SMARTS) is 1. The molecule has 2 aromatic rings. The fourth-order valence-electron chi connectivity index (χ4n) is 4.81. The van der Waals surface area contributed by atoms with Crippen molar-refractivity contribution in [3.05, 3.63) is 35.5 Å². The van der Waals surface area contributed by atoms with Gasteiger partial charge in [0.2, 0.25) is 11.8 Å². The third-order valence-electron chi connectivity index (χ3n) is 7.22. The number of aliphatic carboxylic acids is 1. The molecule has 41 heavy (non-hydrogen) atoms. The second-order valence-corrected chi connectivity index (χ2v) is 11.8. The number of rotatable bonds is 11. The number of aromatic amines is 1. The summed E-state index contributed by atoms with van der Waals surface area (Å²) in [7, 11) is 0. The minimum Gasteiger partial charge on any atom is -0.480 e. The molecule has 4 atom stereocenters. The minimum atomic E-state index is -1.13. The molecular formula is C30H44N4O7. The zero-order valence-corrected chi connectivity index (χ0v) is 24.9. The van der Waals surface area contributed by atoms with Gasteiger partial charge in [0.05, 0.1) is 6.61 Å². The molecule has 2 heterocycles. The Kier molecular flexibility index (Phi) is 10.8. The lowest BCUT2D eigenvalue weighted by atomic mass is 9.97. The van der Waals surface area contributed by atoms with Gasteiger partial charge in [-0.25, -0.2) is 9.59 Å². The highest BCUT2D eigenvalue weighted by atomic mass is 16.6. The molecular weight excluding hydrogens is 528 g/mol. The van der Waals surface area contributed by atoms with Crippen LogP contribution in [0.5, 0.6) is 0 Å². The van der Waals surface area contributed by atoms with Crippen LogP contribution < -0.4 is 10.6 Å². The molecule has 11 heteroatoms. The Balaban J connectivity index is 1.75. The van der Waals surface area contributed by atoms with E-state index in [-0.39, 0.29) is 25.2 Å². The SMILES string of the molecule is CC[C@H](C)[C@H](NC(=O)[C@H](Cc1c[nH]c2ccc(C)cc12)NC(=O)CCC1OCCCN1C(=O)OC(C)(C)C)C(=O)O. The number of nitrogens with one attached hydrogen (secondary N) is 3. The maximum absolute atomic E-state index is 13.4. The van der Waals surface area contributed by atoms with Gasteiger partial charge in [-0.05, 0) is 57.7 Å². The summed E-state index contributed by atoms with van der Waals surface area (Å²) < 4.78 is 11.3. The molecule has 1 aliphatic rings. The number of hydrogen-bond donors (Lipinski definition) is 4. The number of benzene rings is 1. The molecule has 3 rings (SSSR count). The van der Waals surface area contributed by atoms with Crippen LogP contribution in [0.25, 0.3) is 10.9 Å². The first kappa shape index (κ1) is 31.9. The minimum absolute atomic E-state index is 0.00550. The molecule has 226 valence electrons. The Morgan fingerprint density at radius 1 is 1.22 bits per heavy atom. The molecule has 11 nitrogen and oxygen atoms in total. The van der Waals surface area contributed by atoms with Gasteiger partial charge in [-0.2, -0.15) is 0 Å². The summed E-state index contributed by atoms with van der Waals surface area (Å²) >= 11 is 0. The van der Waals surface area contributed by atoms with Gasteiger partial charge in [0.15, 0.2) is 0 Å². The van der Waals surface area contributed by atoms with Crippen molar-refractivity contribution < 1.29 is 33.8 Å². The Morgan fingerprint density at radius 2 is 1.95 bits per heavy atom. The van der Waals surface area contributed by atoms with Gasteiger partial charge in [0, 0.05) is 42.9 Å². The van der Waals surface area contributed by atoms with Gasteiger partial charge < -0.3 is 30.2 Å². The zero-order chi connectivity index (χ0) is 30.3. The zero-order valence-electron chi connectivity index (χ0n) is 24.9. The number of nitrogens with zero attached hydrogens (tertiary/aromatic N) is 1. The molecule has 0 spiro atoms. The number of carboxylic acids is 1. The molecule has 1 aromatic heterocycles. The van der Waals surface area contributed by atoms with Gasteiger partial charge >= 0.3 is 12.1 Å². The van der Waals surface area contributed by atoms with Crippen LogP contribution in [0.4, 0.5) is 4.79 Å². The molecule has 1 aromatic carbocycles. The van der Waals surface area contributed by atoms with E-state index < -0.39 is 47.8 Å². The maximum atomic E-state index is 13.4. The average molecular weight is 573 g/mol. The Bertz CT molecular complexity index is 1240. The normalized spacial score (nSPS) is 17.9. The largest absolute Gasteiger partial charge is 0.480 e. The molecule has 1 aliphatic heterocycles. The van der Waals surface area contributed by atoms with Crippen molar-refractivity contribution in [3.63, 3.8) is 0 Å². The number of carbonyl (C=O) groups excluding carboxylic acids is 3. The van der Waals surface area contributed by atoms with E-state index in [2.05, 4.69) is 15.6 Å². The number of amides is 3. The fourth-order valence-corrected chi connectivity index (χ4v) is 4.81. The summed E-state index contributed by atoms with van der Waals surface area (Å²) in [6, 6.07) is 3.83. The summed E-state index contributed by atoms with van der Waals surface area (Å²) in [5.74, 6) is -2.41. The van der Waals surface area contributed by atoms with Crippen molar-refractivity contribution in [2.24, 2.45) is 5.92 Å². The third kappa shape index (κ3) is 8.94. The van der Waals surface area contributed by atoms with Gasteiger partial charge in [-0.1, -0.05) is 31.9 Å². The van der Waals surface area contributed by atoms with E-state index >= 15 is 0 Å². The number of ether oxygens (including phenoxy) is 2. The molecule has 0 saturated carbocycles. The van der Waals surface area contributed by atoms with Gasteiger partial charge in [-0.3, -0.25) is 14.5 Å². The third-order valence-corrected chi connectivity index (χ3v) is 7.22. The van der Waals surface area contributed by atoms with Crippen molar-refractivity contribution in [2.45, 2.75) is 97.6 Å². The van der Waals surface area contributed by atoms with Crippen LogP contribution >= 0.6 is 0 Å². The first-order chi connectivity index (χ1) is 19.3. The number of aromatic nitrogens is 1. The summed E-state index contributed by atoms with van der Waals surface area (Å²) in [4.78, 5) is 55.9. The van der Waals surface area contributed by atoms with Crippen molar-refractivity contribution in [1.29, 1.82) is 0 Å². The number of fused-ring (bicyclic) bond motifs is 1. The van der Waals surface area contributed by atoms with Gasteiger partial charge in [0.25, 0.3) is 0 Å². The van der Waals surface area contributed by atoms with E-state index in [0.29, 0.717) is 26.0 Å². The van der Waals surface area contributed by atoms with E-state index in [1.807, 2.05) is 32.0 Å². The molecule has 0 bridgehead atoms. The molecule has 1 saturated heterocycles. The lowest BCUT2D eigenvalue weighted by molar-refractivity contribution is -0.143. The van der Waals surface area contributed by atoms with Crippen molar-refractivity contribution in [2.75, 3.05) is 13.2 Å². The predicted molar refractivity (Wildman–Crippen MR) is 154 cm³/mol. The van der Waals surface area contributed by atoms with Crippen LogP contribution in [-0.4, -0.2) is 75.9 Å². The van der Waals surface area contributed by atoms with Gasteiger partial charge in [-0.15, -0.1) is 0 Å². The molecule has 0 radical (unpaired) electrons. The number of H-pyrrole nitrogens is 1. The van der Waals surface area contributed by atoms with Crippen molar-refractivity contribution in [3.8, 4) is 0 Å². The maximum Gasteiger partial charge on any atom is 0.412 e. The van der Waals surface area contributed by atoms with Crippen LogP contribution in [-0.2, 0) is 30.3 Å². The lowest BCUT2D eigenvalue weighted by Gasteiger charge is -2.36. The molecule has 4 N–H and O–H groups in total. The number of hydrogen-bond acceptors (Lipinski definition) is 6. The Morgan fingerprint density at radius 3 is 2.61 bits per heavy atom. The first-order valence-corrected chi connectivity index (χ1v) is 14.3. The smallest absolute Gasteiger partial charge is 0.412 e. The summed E-state index contributed by atoms with van der Waals surface area (Å²) in [5.41, 5.74) is 2.11. The topological polar surface area (TPSA) is 150 Å².